The van der Waals surface area contributed by atoms with Crippen molar-refractivity contribution >= 4 is 6.03 Å². The molecule has 86 valence electrons. The Bertz CT molecular complexity index is 240. The zero-order valence-electron chi connectivity index (χ0n) is 9.41. The standard InChI is InChI=1S/C11H21N3O/c1-2-8-7-14(6-5-10(8)12)11(15)13-9-3-4-9/h8-10H,2-7,12H2,1H3,(H,13,15). The van der Waals surface area contributed by atoms with E-state index in [9.17, 15) is 4.79 Å². The van der Waals surface area contributed by atoms with Crippen LogP contribution in [0.3, 0.4) is 0 Å². The van der Waals surface area contributed by atoms with Crippen LogP contribution in [0, 0.1) is 5.92 Å². The molecule has 2 atom stereocenters. The monoisotopic (exact) mass is 211 g/mol. The first-order valence-electron chi connectivity index (χ1n) is 6.01. The van der Waals surface area contributed by atoms with Crippen molar-refractivity contribution in [1.29, 1.82) is 0 Å². The third-order valence-corrected chi connectivity index (χ3v) is 3.51. The Morgan fingerprint density at radius 1 is 1.47 bits per heavy atom. The summed E-state index contributed by atoms with van der Waals surface area (Å²) < 4.78 is 0. The highest BCUT2D eigenvalue weighted by Gasteiger charge is 2.31. The molecule has 2 fully saturated rings. The van der Waals surface area contributed by atoms with Crippen molar-refractivity contribution in [3.8, 4) is 0 Å². The molecule has 0 bridgehead atoms. The summed E-state index contributed by atoms with van der Waals surface area (Å²) in [6.45, 7) is 3.79. The summed E-state index contributed by atoms with van der Waals surface area (Å²) in [6.07, 6.45) is 4.30. The topological polar surface area (TPSA) is 58.4 Å². The van der Waals surface area contributed by atoms with E-state index in [1.807, 2.05) is 4.90 Å². The van der Waals surface area contributed by atoms with Crippen LogP contribution in [-0.4, -0.2) is 36.1 Å². The van der Waals surface area contributed by atoms with Crippen LogP contribution in [0.5, 0.6) is 0 Å². The first-order chi connectivity index (χ1) is 7.20. The minimum atomic E-state index is 0.114. The molecule has 2 aliphatic rings. The molecule has 1 saturated carbocycles. The van der Waals surface area contributed by atoms with E-state index in [0.717, 1.165) is 38.8 Å². The van der Waals surface area contributed by atoms with Crippen LogP contribution in [0.4, 0.5) is 4.79 Å². The number of nitrogens with two attached hydrogens (primary N) is 1. The van der Waals surface area contributed by atoms with Crippen molar-refractivity contribution in [2.75, 3.05) is 13.1 Å². The Kier molecular flexibility index (Phi) is 3.14. The molecule has 4 nitrogen and oxygen atoms in total. The van der Waals surface area contributed by atoms with Crippen molar-refractivity contribution in [3.63, 3.8) is 0 Å². The predicted octanol–water partition coefficient (Wildman–Crippen LogP) is 0.918. The molecule has 4 heteroatoms. The Morgan fingerprint density at radius 3 is 2.80 bits per heavy atom. The minimum Gasteiger partial charge on any atom is -0.335 e. The van der Waals surface area contributed by atoms with Gasteiger partial charge < -0.3 is 16.0 Å². The fraction of sp³-hybridized carbons (Fsp3) is 0.909. The van der Waals surface area contributed by atoms with Crippen LogP contribution >= 0.6 is 0 Å². The van der Waals surface area contributed by atoms with E-state index in [-0.39, 0.29) is 12.1 Å². The van der Waals surface area contributed by atoms with Crippen molar-refractivity contribution in [2.45, 2.75) is 44.7 Å². The van der Waals surface area contributed by atoms with Gasteiger partial charge in [-0.3, -0.25) is 0 Å². The van der Waals surface area contributed by atoms with Crippen molar-refractivity contribution in [1.82, 2.24) is 10.2 Å². The smallest absolute Gasteiger partial charge is 0.317 e. The lowest BCUT2D eigenvalue weighted by Crippen LogP contribution is -2.52. The van der Waals surface area contributed by atoms with Crippen molar-refractivity contribution in [3.05, 3.63) is 0 Å². The van der Waals surface area contributed by atoms with Crippen LogP contribution in [0.25, 0.3) is 0 Å². The summed E-state index contributed by atoms with van der Waals surface area (Å²) in [6, 6.07) is 0.844. The summed E-state index contributed by atoms with van der Waals surface area (Å²) in [7, 11) is 0. The third-order valence-electron chi connectivity index (χ3n) is 3.51. The molecular formula is C11H21N3O. The Morgan fingerprint density at radius 2 is 2.20 bits per heavy atom. The highest BCUT2D eigenvalue weighted by Crippen LogP contribution is 2.21. The maximum Gasteiger partial charge on any atom is 0.317 e. The molecule has 0 spiro atoms. The van der Waals surface area contributed by atoms with E-state index in [0.29, 0.717) is 12.0 Å². The maximum absolute atomic E-state index is 11.8. The fourth-order valence-electron chi connectivity index (χ4n) is 2.16. The Hall–Kier alpha value is -0.770. The van der Waals surface area contributed by atoms with E-state index in [4.69, 9.17) is 5.73 Å². The number of carbonyl (C=O) groups excluding carboxylic acids is 1. The number of hydrogen-bond donors (Lipinski definition) is 2. The van der Waals surface area contributed by atoms with Gasteiger partial charge in [0.2, 0.25) is 0 Å². The van der Waals surface area contributed by atoms with E-state index in [1.165, 1.54) is 0 Å². The van der Waals surface area contributed by atoms with Crippen LogP contribution in [0.2, 0.25) is 0 Å². The normalized spacial score (nSPS) is 31.5. The van der Waals surface area contributed by atoms with E-state index >= 15 is 0 Å². The zero-order valence-corrected chi connectivity index (χ0v) is 9.41. The Balaban J connectivity index is 1.84. The van der Waals surface area contributed by atoms with Crippen LogP contribution in [0.1, 0.15) is 32.6 Å². The zero-order chi connectivity index (χ0) is 10.8. The van der Waals surface area contributed by atoms with Gasteiger partial charge in [-0.1, -0.05) is 13.3 Å². The fourth-order valence-corrected chi connectivity index (χ4v) is 2.16. The molecule has 3 N–H and O–H groups in total. The summed E-state index contributed by atoms with van der Waals surface area (Å²) in [5, 5.41) is 3.03. The largest absolute Gasteiger partial charge is 0.335 e. The molecule has 1 heterocycles. The molecule has 2 rings (SSSR count). The van der Waals surface area contributed by atoms with Crippen LogP contribution in [0.15, 0.2) is 0 Å². The molecule has 2 amide bonds. The van der Waals surface area contributed by atoms with Gasteiger partial charge in [0.05, 0.1) is 0 Å². The highest BCUT2D eigenvalue weighted by atomic mass is 16.2. The van der Waals surface area contributed by atoms with E-state index < -0.39 is 0 Å². The van der Waals surface area contributed by atoms with Gasteiger partial charge in [-0.05, 0) is 25.2 Å². The van der Waals surface area contributed by atoms with Gasteiger partial charge in [0.1, 0.15) is 0 Å². The molecule has 1 saturated heterocycles. The third kappa shape index (κ3) is 2.62. The number of rotatable bonds is 2. The summed E-state index contributed by atoms with van der Waals surface area (Å²) in [5.74, 6) is 0.476. The van der Waals surface area contributed by atoms with Crippen molar-refractivity contribution < 1.29 is 4.79 Å². The summed E-state index contributed by atoms with van der Waals surface area (Å²) in [5.41, 5.74) is 6.01. The van der Waals surface area contributed by atoms with Gasteiger partial charge >= 0.3 is 6.03 Å². The van der Waals surface area contributed by atoms with Gasteiger partial charge in [0.25, 0.3) is 0 Å². The molecule has 0 aromatic heterocycles. The Labute approximate surface area is 91.2 Å². The molecule has 1 aliphatic carbocycles. The lowest BCUT2D eigenvalue weighted by atomic mass is 9.91. The molecule has 2 unspecified atom stereocenters. The number of urea groups is 1. The molecular weight excluding hydrogens is 190 g/mol. The molecule has 0 aromatic rings. The van der Waals surface area contributed by atoms with Gasteiger partial charge in [-0.2, -0.15) is 0 Å². The number of nitrogens with one attached hydrogen (secondary N) is 1. The lowest BCUT2D eigenvalue weighted by molar-refractivity contribution is 0.153. The second-order valence-corrected chi connectivity index (χ2v) is 4.79. The van der Waals surface area contributed by atoms with Gasteiger partial charge in [-0.15, -0.1) is 0 Å². The number of nitrogens with zero attached hydrogens (tertiary/aromatic N) is 1. The number of hydrogen-bond acceptors (Lipinski definition) is 2. The van der Waals surface area contributed by atoms with Crippen LogP contribution < -0.4 is 11.1 Å². The van der Waals surface area contributed by atoms with E-state index in [2.05, 4.69) is 12.2 Å². The van der Waals surface area contributed by atoms with Gasteiger partial charge in [0, 0.05) is 25.2 Å². The summed E-state index contributed by atoms with van der Waals surface area (Å²) in [4.78, 5) is 13.7. The first kappa shape index (κ1) is 10.7. The van der Waals surface area contributed by atoms with E-state index in [1.54, 1.807) is 0 Å². The van der Waals surface area contributed by atoms with Crippen molar-refractivity contribution in [2.24, 2.45) is 11.7 Å². The molecule has 15 heavy (non-hydrogen) atoms. The van der Waals surface area contributed by atoms with Gasteiger partial charge in [-0.25, -0.2) is 4.79 Å². The first-order valence-corrected chi connectivity index (χ1v) is 6.01. The average molecular weight is 211 g/mol. The number of amides is 2. The quantitative estimate of drug-likeness (QED) is 0.713. The number of likely N-dealkylation sites (tertiary alicyclic amines) is 1. The molecule has 1 aliphatic heterocycles. The number of piperidine rings is 1. The minimum absolute atomic E-state index is 0.114. The lowest BCUT2D eigenvalue weighted by Gasteiger charge is -2.36. The second kappa shape index (κ2) is 4.39. The maximum atomic E-state index is 11.8. The summed E-state index contributed by atoms with van der Waals surface area (Å²) >= 11 is 0. The molecule has 0 radical (unpaired) electrons. The average Bonchev–Trinajstić information content (AvgIpc) is 3.02. The molecule has 0 aromatic carbocycles. The van der Waals surface area contributed by atoms with Gasteiger partial charge in [0.15, 0.2) is 0 Å². The predicted molar refractivity (Wildman–Crippen MR) is 59.5 cm³/mol. The van der Waals surface area contributed by atoms with Crippen LogP contribution in [-0.2, 0) is 0 Å². The number of carbonyl (C=O) groups is 1. The highest BCUT2D eigenvalue weighted by molar-refractivity contribution is 5.75. The second-order valence-electron chi connectivity index (χ2n) is 4.79. The SMILES string of the molecule is CCC1CN(C(=O)NC2CC2)CCC1N.